The van der Waals surface area contributed by atoms with E-state index in [1.807, 2.05) is 6.92 Å². The quantitative estimate of drug-likeness (QED) is 0.340. The summed E-state index contributed by atoms with van der Waals surface area (Å²) in [4.78, 5) is 32.0. The summed E-state index contributed by atoms with van der Waals surface area (Å²) in [5.41, 5.74) is 0.401. The van der Waals surface area contributed by atoms with Gasteiger partial charge < -0.3 is 29.6 Å². The molecule has 254 valence electrons. The molecule has 2 atom stereocenters. The number of fused-ring (bicyclic) bond motifs is 1. The smallest absolute Gasteiger partial charge is 0.410 e. The fraction of sp³-hybridized carbons (Fsp3) is 0.469. The number of halogens is 3. The number of benzene rings is 2. The van der Waals surface area contributed by atoms with E-state index in [2.05, 4.69) is 27.5 Å². The zero-order valence-corrected chi connectivity index (χ0v) is 27.8. The average molecular weight is 678 g/mol. The van der Waals surface area contributed by atoms with Crippen LogP contribution in [0.3, 0.4) is 0 Å². The molecule has 0 spiro atoms. The van der Waals surface area contributed by atoms with E-state index in [9.17, 15) is 31.2 Å². The van der Waals surface area contributed by atoms with Gasteiger partial charge in [-0.05, 0) is 57.4 Å². The highest BCUT2D eigenvalue weighted by atomic mass is 32.2. The van der Waals surface area contributed by atoms with Crippen molar-refractivity contribution in [3.8, 4) is 17.6 Å². The minimum atomic E-state index is -4.52. The molecule has 11 nitrogen and oxygen atoms in total. The predicted molar refractivity (Wildman–Crippen MR) is 170 cm³/mol. The Balaban J connectivity index is 1.56. The van der Waals surface area contributed by atoms with Gasteiger partial charge in [0.05, 0.1) is 41.6 Å². The first kappa shape index (κ1) is 35.4. The number of likely N-dealkylation sites (tertiary alicyclic amines) is 1. The molecular formula is C32H38F3N5O6S. The maximum Gasteiger partial charge on any atom is 0.410 e. The number of carbonyl (C=O) groups is 2. The number of nitrogens with zero attached hydrogens (tertiary/aromatic N) is 3. The summed E-state index contributed by atoms with van der Waals surface area (Å²) in [5, 5.41) is 6.01. The number of sulfone groups is 1. The molecule has 1 aliphatic rings. The number of rotatable bonds is 7. The number of anilines is 1. The Bertz CT molecular complexity index is 1820. The Kier molecular flexibility index (Phi) is 10.3. The number of amides is 2. The molecule has 0 aliphatic carbocycles. The zero-order valence-electron chi connectivity index (χ0n) is 27.0. The Morgan fingerprint density at radius 2 is 1.87 bits per heavy atom. The second-order valence-electron chi connectivity index (χ2n) is 12.4. The van der Waals surface area contributed by atoms with E-state index in [1.54, 1.807) is 31.7 Å². The lowest BCUT2D eigenvalue weighted by molar-refractivity contribution is -0.140. The van der Waals surface area contributed by atoms with Gasteiger partial charge in [0.2, 0.25) is 0 Å². The summed E-state index contributed by atoms with van der Waals surface area (Å²) < 4.78 is 75.5. The number of methoxy groups -OCH3 is 1. The van der Waals surface area contributed by atoms with Crippen LogP contribution in [-0.2, 0) is 21.1 Å². The predicted octanol–water partition coefficient (Wildman–Crippen LogP) is 4.85. The van der Waals surface area contributed by atoms with Crippen LogP contribution in [0.25, 0.3) is 11.0 Å². The Morgan fingerprint density at radius 1 is 1.15 bits per heavy atom. The van der Waals surface area contributed by atoms with Crippen molar-refractivity contribution in [3.05, 3.63) is 47.8 Å². The van der Waals surface area contributed by atoms with Gasteiger partial charge in [0, 0.05) is 37.0 Å². The van der Waals surface area contributed by atoms with E-state index < -0.39 is 40.2 Å². The van der Waals surface area contributed by atoms with Gasteiger partial charge >= 0.3 is 12.3 Å². The lowest BCUT2D eigenvalue weighted by Crippen LogP contribution is -2.52. The summed E-state index contributed by atoms with van der Waals surface area (Å²) in [6.07, 6.45) is -2.37. The highest BCUT2D eigenvalue weighted by molar-refractivity contribution is 7.90. The molecule has 2 amide bonds. The molecular weight excluding hydrogens is 639 g/mol. The molecule has 47 heavy (non-hydrogen) atoms. The molecule has 2 heterocycles. The normalized spacial score (nSPS) is 17.1. The van der Waals surface area contributed by atoms with Crippen molar-refractivity contribution in [2.75, 3.05) is 38.3 Å². The number of ether oxygens (including phenoxy) is 2. The number of carbonyl (C=O) groups excluding carboxylic acids is 2. The Morgan fingerprint density at radius 3 is 2.49 bits per heavy atom. The lowest BCUT2D eigenvalue weighted by atomic mass is 9.93. The fourth-order valence-corrected chi connectivity index (χ4v) is 5.80. The van der Waals surface area contributed by atoms with Crippen LogP contribution in [-0.4, -0.2) is 85.7 Å². The number of nitrogens with one attached hydrogen (secondary N) is 2. The van der Waals surface area contributed by atoms with Crippen molar-refractivity contribution in [2.24, 2.45) is 5.92 Å². The summed E-state index contributed by atoms with van der Waals surface area (Å²) in [6, 6.07) is 6.97. The monoisotopic (exact) mass is 677 g/mol. The molecule has 1 aromatic heterocycles. The minimum absolute atomic E-state index is 0.0699. The van der Waals surface area contributed by atoms with E-state index >= 15 is 0 Å². The van der Waals surface area contributed by atoms with E-state index in [1.165, 1.54) is 31.4 Å². The average Bonchev–Trinajstić information content (AvgIpc) is 3.35. The van der Waals surface area contributed by atoms with Crippen molar-refractivity contribution in [1.29, 1.82) is 0 Å². The first-order valence-corrected chi connectivity index (χ1v) is 16.7. The minimum Gasteiger partial charge on any atom is -0.495 e. The molecule has 2 aromatic carbocycles. The molecule has 1 saturated heterocycles. The van der Waals surface area contributed by atoms with Crippen LogP contribution in [0, 0.1) is 17.8 Å². The lowest BCUT2D eigenvalue weighted by Gasteiger charge is -2.37. The Hall–Kier alpha value is -4.45. The molecule has 0 radical (unpaired) electrons. The highest BCUT2D eigenvalue weighted by Crippen LogP contribution is 2.28. The molecule has 2 N–H and O–H groups in total. The van der Waals surface area contributed by atoms with Gasteiger partial charge in [-0.1, -0.05) is 18.8 Å². The number of piperidine rings is 1. The highest BCUT2D eigenvalue weighted by Gasteiger charge is 2.33. The van der Waals surface area contributed by atoms with Crippen LogP contribution >= 0.6 is 0 Å². The summed E-state index contributed by atoms with van der Waals surface area (Å²) in [5.74, 6) is 5.42. The topological polar surface area (TPSA) is 132 Å². The molecule has 1 aliphatic heterocycles. The fourth-order valence-electron chi connectivity index (χ4n) is 5.16. The number of imidazole rings is 1. The largest absolute Gasteiger partial charge is 0.495 e. The van der Waals surface area contributed by atoms with Gasteiger partial charge in [-0.25, -0.2) is 18.2 Å². The third-order valence-electron chi connectivity index (χ3n) is 7.39. The summed E-state index contributed by atoms with van der Waals surface area (Å²) >= 11 is 0. The second-order valence-corrected chi connectivity index (χ2v) is 14.5. The molecule has 3 aromatic rings. The van der Waals surface area contributed by atoms with Crippen LogP contribution < -0.4 is 15.4 Å². The van der Waals surface area contributed by atoms with Crippen LogP contribution in [0.2, 0.25) is 0 Å². The second kappa shape index (κ2) is 13.7. The van der Waals surface area contributed by atoms with E-state index in [4.69, 9.17) is 9.47 Å². The first-order chi connectivity index (χ1) is 21.8. The molecule has 0 bridgehead atoms. The van der Waals surface area contributed by atoms with Gasteiger partial charge in [-0.2, -0.15) is 13.2 Å². The van der Waals surface area contributed by atoms with Crippen molar-refractivity contribution < 1.29 is 40.7 Å². The van der Waals surface area contributed by atoms with Crippen LogP contribution in [0.15, 0.2) is 41.6 Å². The zero-order chi connectivity index (χ0) is 34.7. The van der Waals surface area contributed by atoms with Gasteiger partial charge in [-0.15, -0.1) is 0 Å². The third-order valence-corrected chi connectivity index (χ3v) is 8.50. The maximum absolute atomic E-state index is 13.6. The van der Waals surface area contributed by atoms with Gasteiger partial charge in [0.15, 0.2) is 9.84 Å². The summed E-state index contributed by atoms with van der Waals surface area (Å²) in [6.45, 7) is 6.74. The van der Waals surface area contributed by atoms with Crippen LogP contribution in [0.1, 0.15) is 50.0 Å². The van der Waals surface area contributed by atoms with Crippen molar-refractivity contribution in [1.82, 2.24) is 19.8 Å². The van der Waals surface area contributed by atoms with E-state index in [0.29, 0.717) is 30.8 Å². The van der Waals surface area contributed by atoms with Crippen molar-refractivity contribution >= 4 is 38.6 Å². The maximum atomic E-state index is 13.6. The van der Waals surface area contributed by atoms with Crippen molar-refractivity contribution in [2.45, 2.75) is 63.4 Å². The van der Waals surface area contributed by atoms with Crippen molar-refractivity contribution in [3.63, 3.8) is 0 Å². The number of hydrogen-bond donors (Lipinski definition) is 2. The number of alkyl halides is 3. The number of hydrogen-bond acceptors (Lipinski definition) is 8. The van der Waals surface area contributed by atoms with Crippen LogP contribution in [0.5, 0.6) is 5.75 Å². The molecule has 0 saturated carbocycles. The van der Waals surface area contributed by atoms with Gasteiger partial charge in [-0.3, -0.25) is 4.79 Å². The molecule has 0 unspecified atom stereocenters. The Labute approximate surface area is 271 Å². The SMILES string of the molecule is COc1cc(S(C)(=O)=O)ccc1NCC#Cc1cc(C(=O)N[C@H]2CCN(C(=O)OC(C)(C)C)C[C@H]2C)c2ncn(CC(F)(F)F)c2c1. The number of aromatic nitrogens is 2. The molecule has 15 heteroatoms. The van der Waals surface area contributed by atoms with E-state index in [0.717, 1.165) is 17.2 Å². The van der Waals surface area contributed by atoms with Gasteiger partial charge in [0.1, 0.15) is 23.4 Å². The summed E-state index contributed by atoms with van der Waals surface area (Å²) in [7, 11) is -2.05. The first-order valence-electron chi connectivity index (χ1n) is 14.8. The molecule has 1 fully saturated rings. The van der Waals surface area contributed by atoms with Gasteiger partial charge in [0.25, 0.3) is 5.91 Å². The van der Waals surface area contributed by atoms with Crippen LogP contribution in [0.4, 0.5) is 23.7 Å². The standard InChI is InChI=1S/C32H38F3N5O6S/c1-20-17-39(30(42)46-31(2,3)4)13-11-24(20)38-29(41)23-14-21(15-26-28(23)37-19-40(26)18-32(33,34)35)8-7-12-36-25-10-9-22(47(6,43)44)16-27(25)45-5/h9-10,14-16,19-20,24,36H,11-13,17-18H2,1-6H3,(H,38,41)/t20-,24+/m1/s1. The third kappa shape index (κ3) is 9.31. The van der Waals surface area contributed by atoms with E-state index in [-0.39, 0.29) is 45.7 Å². The molecule has 4 rings (SSSR count).